The first-order valence-electron chi connectivity index (χ1n) is 10.1. The van der Waals surface area contributed by atoms with E-state index in [1.165, 1.54) is 23.8 Å². The van der Waals surface area contributed by atoms with E-state index in [0.29, 0.717) is 24.2 Å². The van der Waals surface area contributed by atoms with Gasteiger partial charge in [-0.3, -0.25) is 14.3 Å². The van der Waals surface area contributed by atoms with Crippen molar-refractivity contribution in [3.8, 4) is 0 Å². The molecule has 1 saturated carbocycles. The Hall–Kier alpha value is -1.83. The number of hydrogen-bond donors (Lipinski definition) is 3. The van der Waals surface area contributed by atoms with Crippen LogP contribution in [0.3, 0.4) is 0 Å². The molecule has 0 radical (unpaired) electrons. The van der Waals surface area contributed by atoms with Gasteiger partial charge in [0.25, 0.3) is 5.56 Å². The number of H-pyrrole nitrogens is 1. The maximum atomic E-state index is 12.6. The van der Waals surface area contributed by atoms with E-state index < -0.39 is 11.2 Å². The fourth-order valence-electron chi connectivity index (χ4n) is 3.52. The van der Waals surface area contributed by atoms with E-state index >= 15 is 0 Å². The SMILES string of the molecule is CCCCN(C(=S)NC1CCCCC1)c1c(N)n(CC(C)C)c(=O)[nH]c1=O. The second kappa shape index (κ2) is 9.92. The topological polar surface area (TPSA) is 96.2 Å². The molecule has 1 aliphatic carbocycles. The summed E-state index contributed by atoms with van der Waals surface area (Å²) in [7, 11) is 0. The van der Waals surface area contributed by atoms with Gasteiger partial charge in [0, 0.05) is 19.1 Å². The van der Waals surface area contributed by atoms with E-state index in [1.807, 2.05) is 13.8 Å². The van der Waals surface area contributed by atoms with E-state index in [2.05, 4.69) is 17.2 Å². The smallest absolute Gasteiger partial charge is 0.330 e. The van der Waals surface area contributed by atoms with Gasteiger partial charge in [-0.15, -0.1) is 0 Å². The number of unbranched alkanes of at least 4 members (excludes halogenated alkanes) is 1. The summed E-state index contributed by atoms with van der Waals surface area (Å²) in [4.78, 5) is 29.0. The Balaban J connectivity index is 2.38. The van der Waals surface area contributed by atoms with Gasteiger partial charge in [-0.1, -0.05) is 46.5 Å². The number of rotatable bonds is 7. The molecule has 1 aromatic heterocycles. The van der Waals surface area contributed by atoms with E-state index in [9.17, 15) is 9.59 Å². The van der Waals surface area contributed by atoms with E-state index in [4.69, 9.17) is 18.0 Å². The lowest BCUT2D eigenvalue weighted by molar-refractivity contribution is 0.413. The van der Waals surface area contributed by atoms with Crippen molar-refractivity contribution in [1.82, 2.24) is 14.9 Å². The Morgan fingerprint density at radius 2 is 2.00 bits per heavy atom. The minimum atomic E-state index is -0.485. The molecule has 0 aliphatic heterocycles. The maximum Gasteiger partial charge on any atom is 0.330 e. The van der Waals surface area contributed by atoms with E-state index in [1.54, 1.807) is 4.90 Å². The van der Waals surface area contributed by atoms with Crippen molar-refractivity contribution in [2.45, 2.75) is 78.3 Å². The molecule has 0 amide bonds. The molecule has 0 aromatic carbocycles. The molecule has 0 atom stereocenters. The van der Waals surface area contributed by atoms with Gasteiger partial charge in [0.05, 0.1) is 0 Å². The van der Waals surface area contributed by atoms with Crippen molar-refractivity contribution in [2.75, 3.05) is 17.2 Å². The van der Waals surface area contributed by atoms with Crippen molar-refractivity contribution in [3.63, 3.8) is 0 Å². The number of nitrogens with one attached hydrogen (secondary N) is 2. The zero-order valence-electron chi connectivity index (χ0n) is 16.7. The first kappa shape index (κ1) is 21.5. The van der Waals surface area contributed by atoms with Gasteiger partial charge in [0.15, 0.2) is 10.8 Å². The van der Waals surface area contributed by atoms with Crippen LogP contribution in [0.25, 0.3) is 0 Å². The highest BCUT2D eigenvalue weighted by atomic mass is 32.1. The second-order valence-corrected chi connectivity index (χ2v) is 8.17. The molecule has 152 valence electrons. The molecular formula is C19H33N5O2S. The maximum absolute atomic E-state index is 12.6. The molecule has 1 heterocycles. The zero-order valence-corrected chi connectivity index (χ0v) is 17.5. The third-order valence-electron chi connectivity index (χ3n) is 4.94. The molecule has 1 aromatic rings. The van der Waals surface area contributed by atoms with Crippen LogP contribution in [0.15, 0.2) is 9.59 Å². The highest BCUT2D eigenvalue weighted by Gasteiger charge is 2.24. The largest absolute Gasteiger partial charge is 0.383 e. The van der Waals surface area contributed by atoms with Gasteiger partial charge in [-0.05, 0) is 37.4 Å². The van der Waals surface area contributed by atoms with E-state index in [0.717, 1.165) is 25.7 Å². The third-order valence-corrected chi connectivity index (χ3v) is 5.28. The van der Waals surface area contributed by atoms with Crippen LogP contribution >= 0.6 is 12.2 Å². The zero-order chi connectivity index (χ0) is 20.0. The monoisotopic (exact) mass is 395 g/mol. The molecule has 4 N–H and O–H groups in total. The molecule has 7 nitrogen and oxygen atoms in total. The van der Waals surface area contributed by atoms with Gasteiger partial charge in [-0.25, -0.2) is 4.79 Å². The molecule has 1 aliphatic rings. The molecule has 1 fully saturated rings. The van der Waals surface area contributed by atoms with Gasteiger partial charge < -0.3 is 16.0 Å². The molecule has 2 rings (SSSR count). The fourth-order valence-corrected chi connectivity index (χ4v) is 3.86. The van der Waals surface area contributed by atoms with Crippen LogP contribution in [0.2, 0.25) is 0 Å². The van der Waals surface area contributed by atoms with Gasteiger partial charge in [0.1, 0.15) is 5.82 Å². The highest BCUT2D eigenvalue weighted by Crippen LogP contribution is 2.21. The van der Waals surface area contributed by atoms with Crippen LogP contribution in [0.1, 0.15) is 65.7 Å². The molecule has 0 bridgehead atoms. The summed E-state index contributed by atoms with van der Waals surface area (Å²) in [5.74, 6) is 0.404. The summed E-state index contributed by atoms with van der Waals surface area (Å²) in [5, 5.41) is 3.93. The Morgan fingerprint density at radius 1 is 1.33 bits per heavy atom. The molecule has 0 unspecified atom stereocenters. The van der Waals surface area contributed by atoms with Crippen molar-refractivity contribution in [1.29, 1.82) is 0 Å². The standard InChI is InChI=1S/C19H33N5O2S/c1-4-5-11-23(19(27)21-14-9-7-6-8-10-14)15-16(20)24(12-13(2)3)18(26)22-17(15)25/h13-14H,4-12,20H2,1-3H3,(H,21,27)(H,22,25,26). The number of nitrogens with zero attached hydrogens (tertiary/aromatic N) is 2. The van der Waals surface area contributed by atoms with Gasteiger partial charge in [0.2, 0.25) is 0 Å². The van der Waals surface area contributed by atoms with Crippen LogP contribution in [-0.4, -0.2) is 27.3 Å². The summed E-state index contributed by atoms with van der Waals surface area (Å²) < 4.78 is 1.43. The lowest BCUT2D eigenvalue weighted by atomic mass is 9.96. The molecule has 8 heteroatoms. The number of hydrogen-bond acceptors (Lipinski definition) is 4. The number of aromatic nitrogens is 2. The molecular weight excluding hydrogens is 362 g/mol. The van der Waals surface area contributed by atoms with Crippen LogP contribution in [0.4, 0.5) is 11.5 Å². The number of anilines is 2. The fraction of sp³-hybridized carbons (Fsp3) is 0.737. The first-order chi connectivity index (χ1) is 12.8. The van der Waals surface area contributed by atoms with Crippen molar-refractivity contribution in [2.24, 2.45) is 5.92 Å². The predicted molar refractivity (Wildman–Crippen MR) is 115 cm³/mol. The molecule has 27 heavy (non-hydrogen) atoms. The van der Waals surface area contributed by atoms with Crippen molar-refractivity contribution in [3.05, 3.63) is 20.8 Å². The quantitative estimate of drug-likeness (QED) is 0.614. The number of aromatic amines is 1. The summed E-state index contributed by atoms with van der Waals surface area (Å²) in [5.41, 5.74) is 5.61. The van der Waals surface area contributed by atoms with Crippen LogP contribution in [0, 0.1) is 5.92 Å². The average molecular weight is 396 g/mol. The summed E-state index contributed by atoms with van der Waals surface area (Å²) in [6.07, 6.45) is 7.65. The van der Waals surface area contributed by atoms with Gasteiger partial charge >= 0.3 is 5.69 Å². The lowest BCUT2D eigenvalue weighted by Crippen LogP contribution is -2.49. The number of nitrogens with two attached hydrogens (primary N) is 1. The molecule has 0 spiro atoms. The third kappa shape index (κ3) is 5.57. The van der Waals surface area contributed by atoms with Crippen molar-refractivity contribution >= 4 is 28.8 Å². The highest BCUT2D eigenvalue weighted by molar-refractivity contribution is 7.80. The second-order valence-electron chi connectivity index (χ2n) is 7.79. The molecule has 0 saturated heterocycles. The van der Waals surface area contributed by atoms with Crippen LogP contribution in [0.5, 0.6) is 0 Å². The van der Waals surface area contributed by atoms with Crippen molar-refractivity contribution < 1.29 is 0 Å². The minimum absolute atomic E-state index is 0.182. The van der Waals surface area contributed by atoms with E-state index in [-0.39, 0.29) is 17.4 Å². The van der Waals surface area contributed by atoms with Crippen LogP contribution < -0.4 is 27.2 Å². The number of thiocarbonyl (C=S) groups is 1. The van der Waals surface area contributed by atoms with Crippen LogP contribution in [-0.2, 0) is 6.54 Å². The van der Waals surface area contributed by atoms with Gasteiger partial charge in [-0.2, -0.15) is 0 Å². The summed E-state index contributed by atoms with van der Waals surface area (Å²) in [6.45, 7) is 7.12. The average Bonchev–Trinajstić information content (AvgIpc) is 2.61. The minimum Gasteiger partial charge on any atom is -0.383 e. The first-order valence-corrected chi connectivity index (χ1v) is 10.5. The predicted octanol–water partition coefficient (Wildman–Crippen LogP) is 2.59. The summed E-state index contributed by atoms with van der Waals surface area (Å²) in [6, 6.07) is 0.331. The normalized spacial score (nSPS) is 15.1. The Kier molecular flexibility index (Phi) is 7.89. The lowest BCUT2D eigenvalue weighted by Gasteiger charge is -2.31. The summed E-state index contributed by atoms with van der Waals surface area (Å²) >= 11 is 5.65. The Bertz CT molecular complexity index is 749. The Morgan fingerprint density at radius 3 is 2.59 bits per heavy atom. The number of nitrogen functional groups attached to an aromatic ring is 1. The Labute approximate surface area is 166 Å².